The van der Waals surface area contributed by atoms with E-state index in [9.17, 15) is 9.59 Å². The molecule has 3 N–H and O–H groups in total. The van der Waals surface area contributed by atoms with Crippen molar-refractivity contribution in [3.8, 4) is 11.5 Å². The third kappa shape index (κ3) is 5.00. The Bertz CT molecular complexity index is 917. The van der Waals surface area contributed by atoms with Gasteiger partial charge in [0.2, 0.25) is 5.91 Å². The second kappa shape index (κ2) is 9.93. The smallest absolute Gasteiger partial charge is 0.258 e. The van der Waals surface area contributed by atoms with Gasteiger partial charge in [-0.15, -0.1) is 12.4 Å². The maximum absolute atomic E-state index is 12.7. The van der Waals surface area contributed by atoms with Gasteiger partial charge in [0, 0.05) is 25.1 Å². The van der Waals surface area contributed by atoms with Gasteiger partial charge in [-0.25, -0.2) is 4.98 Å². The number of hydrogen-bond donors (Lipinski definition) is 2. The van der Waals surface area contributed by atoms with Crippen LogP contribution in [-0.2, 0) is 11.3 Å². The summed E-state index contributed by atoms with van der Waals surface area (Å²) in [6, 6.07) is 3.38. The third-order valence-electron chi connectivity index (χ3n) is 5.49. The van der Waals surface area contributed by atoms with Crippen LogP contribution in [0.4, 0.5) is 0 Å². The number of amides is 1. The minimum absolute atomic E-state index is 0. The molecule has 29 heavy (non-hydrogen) atoms. The molecule has 0 radical (unpaired) electrons. The molecule has 1 fully saturated rings. The van der Waals surface area contributed by atoms with Gasteiger partial charge in [-0.2, -0.15) is 0 Å². The Labute approximate surface area is 176 Å². The van der Waals surface area contributed by atoms with Gasteiger partial charge in [-0.05, 0) is 31.7 Å². The van der Waals surface area contributed by atoms with Gasteiger partial charge in [0.25, 0.3) is 5.56 Å². The van der Waals surface area contributed by atoms with Crippen LogP contribution >= 0.6 is 12.4 Å². The standard InChI is InChI=1S/C20H28N4O4.ClH/c1-4-24(19(25)8-12-6-5-7-14(12)21)11-18-22-15-10-17(28-3)16(27-2)9-13(15)20(26)23-18;/h9-10,12,14H,4-8,11,21H2,1-3H3,(H,22,23,26);1H/t12-,14+;/m0./s1. The molecule has 0 aliphatic heterocycles. The predicted octanol–water partition coefficient (Wildman–Crippen LogP) is 2.23. The first kappa shape index (κ1) is 23.0. The van der Waals surface area contributed by atoms with Gasteiger partial charge in [0.1, 0.15) is 5.82 Å². The first-order chi connectivity index (χ1) is 13.5. The number of fused-ring (bicyclic) bond motifs is 1. The Hall–Kier alpha value is -2.32. The average Bonchev–Trinajstić information content (AvgIpc) is 3.09. The van der Waals surface area contributed by atoms with Crippen molar-refractivity contribution in [2.75, 3.05) is 20.8 Å². The first-order valence-corrected chi connectivity index (χ1v) is 9.65. The van der Waals surface area contributed by atoms with Crippen molar-refractivity contribution in [1.82, 2.24) is 14.9 Å². The number of aromatic nitrogens is 2. The minimum atomic E-state index is -0.276. The fourth-order valence-electron chi connectivity index (χ4n) is 3.82. The molecule has 9 heteroatoms. The summed E-state index contributed by atoms with van der Waals surface area (Å²) in [6.45, 7) is 2.70. The molecule has 3 rings (SSSR count). The zero-order valence-electron chi connectivity index (χ0n) is 17.1. The van der Waals surface area contributed by atoms with E-state index in [2.05, 4.69) is 9.97 Å². The van der Waals surface area contributed by atoms with Gasteiger partial charge in [-0.3, -0.25) is 9.59 Å². The van der Waals surface area contributed by atoms with Gasteiger partial charge in [-0.1, -0.05) is 6.42 Å². The summed E-state index contributed by atoms with van der Waals surface area (Å²) in [5, 5.41) is 0.410. The van der Waals surface area contributed by atoms with Crippen molar-refractivity contribution in [2.45, 2.75) is 45.2 Å². The van der Waals surface area contributed by atoms with Crippen LogP contribution in [0.5, 0.6) is 11.5 Å². The number of nitrogens with zero attached hydrogens (tertiary/aromatic N) is 2. The molecule has 8 nitrogen and oxygen atoms in total. The summed E-state index contributed by atoms with van der Waals surface area (Å²) in [5.74, 6) is 1.68. The quantitative estimate of drug-likeness (QED) is 0.705. The van der Waals surface area contributed by atoms with Gasteiger partial charge in [0.05, 0.1) is 31.7 Å². The number of halogens is 1. The fourth-order valence-corrected chi connectivity index (χ4v) is 3.82. The Morgan fingerprint density at radius 2 is 1.97 bits per heavy atom. The van der Waals surface area contributed by atoms with E-state index in [4.69, 9.17) is 15.2 Å². The number of carbonyl (C=O) groups is 1. The number of rotatable bonds is 7. The number of carbonyl (C=O) groups excluding carboxylic acids is 1. The summed E-state index contributed by atoms with van der Waals surface area (Å²) in [4.78, 5) is 34.3. The molecular weight excluding hydrogens is 396 g/mol. The van der Waals surface area contributed by atoms with Crippen LogP contribution in [-0.4, -0.2) is 47.6 Å². The van der Waals surface area contributed by atoms with Crippen LogP contribution in [0.15, 0.2) is 16.9 Å². The molecule has 1 aliphatic rings. The predicted molar refractivity (Wildman–Crippen MR) is 114 cm³/mol. The van der Waals surface area contributed by atoms with Crippen LogP contribution in [0.25, 0.3) is 10.9 Å². The minimum Gasteiger partial charge on any atom is -0.493 e. The summed E-state index contributed by atoms with van der Waals surface area (Å²) < 4.78 is 10.5. The maximum Gasteiger partial charge on any atom is 0.258 e. The largest absolute Gasteiger partial charge is 0.493 e. The highest BCUT2D eigenvalue weighted by Gasteiger charge is 2.28. The van der Waals surface area contributed by atoms with E-state index < -0.39 is 0 Å². The average molecular weight is 425 g/mol. The van der Waals surface area contributed by atoms with E-state index in [1.807, 2.05) is 6.92 Å². The number of nitrogens with one attached hydrogen (secondary N) is 1. The Morgan fingerprint density at radius 3 is 2.55 bits per heavy atom. The molecule has 0 bridgehead atoms. The maximum atomic E-state index is 12.7. The van der Waals surface area contributed by atoms with Crippen molar-refractivity contribution in [2.24, 2.45) is 11.7 Å². The van der Waals surface area contributed by atoms with E-state index in [0.29, 0.717) is 41.2 Å². The summed E-state index contributed by atoms with van der Waals surface area (Å²) in [7, 11) is 3.05. The molecule has 1 saturated carbocycles. The molecule has 0 saturated heterocycles. The lowest BCUT2D eigenvalue weighted by atomic mass is 9.99. The molecule has 1 heterocycles. The highest BCUT2D eigenvalue weighted by Crippen LogP contribution is 2.30. The van der Waals surface area contributed by atoms with Crippen molar-refractivity contribution >= 4 is 29.2 Å². The Kier molecular flexibility index (Phi) is 7.87. The fraction of sp³-hybridized carbons (Fsp3) is 0.550. The van der Waals surface area contributed by atoms with Gasteiger partial charge >= 0.3 is 0 Å². The summed E-state index contributed by atoms with van der Waals surface area (Å²) in [5.41, 5.74) is 6.32. The lowest BCUT2D eigenvalue weighted by Crippen LogP contribution is -2.35. The zero-order chi connectivity index (χ0) is 20.3. The van der Waals surface area contributed by atoms with E-state index in [0.717, 1.165) is 19.3 Å². The monoisotopic (exact) mass is 424 g/mol. The normalized spacial score (nSPS) is 18.3. The SMILES string of the molecule is CCN(Cc1nc2cc(OC)c(OC)cc2c(=O)[nH]1)C(=O)C[C@@H]1CCC[C@H]1N.Cl. The second-order valence-corrected chi connectivity index (χ2v) is 7.20. The molecule has 1 aromatic carbocycles. The molecule has 0 spiro atoms. The van der Waals surface area contributed by atoms with Gasteiger partial charge < -0.3 is 25.1 Å². The number of hydrogen-bond acceptors (Lipinski definition) is 6. The first-order valence-electron chi connectivity index (χ1n) is 9.65. The van der Waals surface area contributed by atoms with Crippen LogP contribution < -0.4 is 20.8 Å². The van der Waals surface area contributed by atoms with E-state index >= 15 is 0 Å². The van der Waals surface area contributed by atoms with Crippen molar-refractivity contribution in [3.63, 3.8) is 0 Å². The number of methoxy groups -OCH3 is 2. The van der Waals surface area contributed by atoms with Crippen molar-refractivity contribution in [1.29, 1.82) is 0 Å². The highest BCUT2D eigenvalue weighted by atomic mass is 35.5. The van der Waals surface area contributed by atoms with E-state index in [1.165, 1.54) is 14.2 Å². The number of H-pyrrole nitrogens is 1. The molecule has 1 aliphatic carbocycles. The van der Waals surface area contributed by atoms with Crippen LogP contribution in [0.2, 0.25) is 0 Å². The van der Waals surface area contributed by atoms with E-state index in [1.54, 1.807) is 17.0 Å². The van der Waals surface area contributed by atoms with Crippen LogP contribution in [0.3, 0.4) is 0 Å². The van der Waals surface area contributed by atoms with Gasteiger partial charge in [0.15, 0.2) is 11.5 Å². The number of nitrogens with two attached hydrogens (primary N) is 1. The molecule has 2 atom stereocenters. The molecular formula is C20H29ClN4O4. The molecule has 0 unspecified atom stereocenters. The molecule has 2 aromatic rings. The second-order valence-electron chi connectivity index (χ2n) is 7.20. The van der Waals surface area contributed by atoms with Crippen LogP contribution in [0.1, 0.15) is 38.4 Å². The molecule has 1 aromatic heterocycles. The highest BCUT2D eigenvalue weighted by molar-refractivity contribution is 5.85. The lowest BCUT2D eigenvalue weighted by Gasteiger charge is -2.23. The summed E-state index contributed by atoms with van der Waals surface area (Å²) in [6.07, 6.45) is 3.50. The third-order valence-corrected chi connectivity index (χ3v) is 5.49. The number of benzene rings is 1. The Morgan fingerprint density at radius 1 is 1.28 bits per heavy atom. The van der Waals surface area contributed by atoms with Crippen LogP contribution in [0, 0.1) is 5.92 Å². The lowest BCUT2D eigenvalue weighted by molar-refractivity contribution is -0.132. The number of ether oxygens (including phenoxy) is 2. The van der Waals surface area contributed by atoms with Crippen molar-refractivity contribution in [3.05, 3.63) is 28.3 Å². The summed E-state index contributed by atoms with van der Waals surface area (Å²) >= 11 is 0. The topological polar surface area (TPSA) is 111 Å². The van der Waals surface area contributed by atoms with E-state index in [-0.39, 0.29) is 42.4 Å². The molecule has 160 valence electrons. The zero-order valence-corrected chi connectivity index (χ0v) is 17.9. The molecule has 1 amide bonds. The Balaban J connectivity index is 0.00000300. The number of aromatic amines is 1. The van der Waals surface area contributed by atoms with Crippen molar-refractivity contribution < 1.29 is 14.3 Å².